The number of esters is 1. The summed E-state index contributed by atoms with van der Waals surface area (Å²) in [5.74, 6) is -1.69. The third-order valence-corrected chi connectivity index (χ3v) is 4.82. The van der Waals surface area contributed by atoms with Crippen molar-refractivity contribution >= 4 is 29.5 Å². The summed E-state index contributed by atoms with van der Waals surface area (Å²) in [6, 6.07) is 5.54. The van der Waals surface area contributed by atoms with E-state index in [2.05, 4.69) is 9.72 Å². The van der Waals surface area contributed by atoms with E-state index in [0.29, 0.717) is 24.8 Å². The summed E-state index contributed by atoms with van der Waals surface area (Å²) in [5, 5.41) is 0. The van der Waals surface area contributed by atoms with Gasteiger partial charge in [-0.05, 0) is 36.6 Å². The predicted octanol–water partition coefficient (Wildman–Crippen LogP) is 2.52. The highest BCUT2D eigenvalue weighted by molar-refractivity contribution is 5.98. The number of hydrogen-bond acceptors (Lipinski definition) is 7. The lowest BCUT2D eigenvalue weighted by Gasteiger charge is -2.24. The second-order valence-corrected chi connectivity index (χ2v) is 7.43. The minimum absolute atomic E-state index is 0.0305. The van der Waals surface area contributed by atoms with Gasteiger partial charge in [0.2, 0.25) is 0 Å². The maximum absolute atomic E-state index is 12.9. The Bertz CT molecular complexity index is 1160. The number of unbranched alkanes of at least 4 members (excludes halogenated alkanes) is 1. The van der Waals surface area contributed by atoms with E-state index in [-0.39, 0.29) is 30.3 Å². The van der Waals surface area contributed by atoms with Gasteiger partial charge in [0, 0.05) is 19.2 Å². The second kappa shape index (κ2) is 13.1. The number of halogens is 2. The van der Waals surface area contributed by atoms with Crippen molar-refractivity contribution in [2.45, 2.75) is 46.3 Å². The summed E-state index contributed by atoms with van der Waals surface area (Å²) in [4.78, 5) is 52.8. The molecule has 0 unspecified atom stereocenters. The predicted molar refractivity (Wildman–Crippen MR) is 126 cm³/mol. The number of nitrogens with zero attached hydrogens (tertiary/aromatic N) is 2. The van der Waals surface area contributed by atoms with Gasteiger partial charge in [-0.1, -0.05) is 32.4 Å². The molecule has 0 aliphatic rings. The van der Waals surface area contributed by atoms with Gasteiger partial charge in [0.05, 0.1) is 0 Å². The van der Waals surface area contributed by atoms with E-state index in [1.807, 2.05) is 13.8 Å². The molecule has 0 aliphatic heterocycles. The molecule has 0 radical (unpaired) electrons. The molecule has 0 saturated heterocycles. The number of alkyl halides is 2. The van der Waals surface area contributed by atoms with Crippen molar-refractivity contribution in [3.8, 4) is 5.75 Å². The molecule has 0 fully saturated rings. The van der Waals surface area contributed by atoms with Crippen molar-refractivity contribution in [2.75, 3.05) is 23.8 Å². The maximum atomic E-state index is 12.9. The summed E-state index contributed by atoms with van der Waals surface area (Å²) in [6.45, 7) is 0.495. The molecule has 2 rings (SSSR count). The Morgan fingerprint density at radius 1 is 1.17 bits per heavy atom. The lowest BCUT2D eigenvalue weighted by molar-refractivity contribution is -0.142. The summed E-state index contributed by atoms with van der Waals surface area (Å²) >= 11 is 0. The van der Waals surface area contributed by atoms with E-state index < -0.39 is 36.3 Å². The van der Waals surface area contributed by atoms with Gasteiger partial charge in [0.1, 0.15) is 11.6 Å². The van der Waals surface area contributed by atoms with Gasteiger partial charge >= 0.3 is 18.3 Å². The molecule has 1 heterocycles. The van der Waals surface area contributed by atoms with Crippen LogP contribution in [0.5, 0.6) is 5.75 Å². The van der Waals surface area contributed by atoms with Gasteiger partial charge in [-0.25, -0.2) is 9.59 Å². The van der Waals surface area contributed by atoms with Crippen LogP contribution in [0.2, 0.25) is 0 Å². The molecule has 0 spiro atoms. The van der Waals surface area contributed by atoms with E-state index in [1.54, 1.807) is 0 Å². The highest BCUT2D eigenvalue weighted by Gasteiger charge is 2.24. The Hall–Kier alpha value is -3.96. The highest BCUT2D eigenvalue weighted by atomic mass is 19.3. The van der Waals surface area contributed by atoms with Gasteiger partial charge in [-0.2, -0.15) is 8.78 Å². The fraction of sp³-hybridized carbons (Fsp3) is 0.391. The molecule has 1 amide bonds. The number of carbonyl (C=O) groups excluding carboxylic acids is 2. The quantitative estimate of drug-likeness (QED) is 0.342. The van der Waals surface area contributed by atoms with Crippen LogP contribution in [0.4, 0.5) is 20.3 Å². The Labute approximate surface area is 199 Å². The molecular weight excluding hydrogens is 466 g/mol. The van der Waals surface area contributed by atoms with E-state index in [1.165, 1.54) is 34.9 Å². The molecule has 0 aliphatic carbocycles. The molecule has 35 heavy (non-hydrogen) atoms. The van der Waals surface area contributed by atoms with E-state index in [9.17, 15) is 28.0 Å². The lowest BCUT2D eigenvalue weighted by atomic mass is 10.2. The summed E-state index contributed by atoms with van der Waals surface area (Å²) in [5.41, 5.74) is 4.92. The van der Waals surface area contributed by atoms with Crippen LogP contribution in [-0.4, -0.2) is 41.2 Å². The Morgan fingerprint density at radius 3 is 2.46 bits per heavy atom. The first-order valence-electron chi connectivity index (χ1n) is 11.0. The first kappa shape index (κ1) is 27.3. The molecule has 3 N–H and O–H groups in total. The van der Waals surface area contributed by atoms with Crippen LogP contribution in [0.15, 0.2) is 39.9 Å². The van der Waals surface area contributed by atoms with Crippen LogP contribution >= 0.6 is 0 Å². The number of nitrogens with two attached hydrogens (primary N) is 1. The van der Waals surface area contributed by atoms with Crippen molar-refractivity contribution in [1.82, 2.24) is 9.55 Å². The normalized spacial score (nSPS) is 11.1. The molecule has 12 heteroatoms. The largest absolute Gasteiger partial charge is 0.452 e. The van der Waals surface area contributed by atoms with Crippen molar-refractivity contribution in [3.05, 3.63) is 56.7 Å². The topological polar surface area (TPSA) is 137 Å². The summed E-state index contributed by atoms with van der Waals surface area (Å²) in [6.07, 6.45) is 4.26. The number of benzene rings is 1. The number of rotatable bonds is 12. The highest BCUT2D eigenvalue weighted by Crippen LogP contribution is 2.18. The molecule has 0 atom stereocenters. The maximum Gasteiger partial charge on any atom is 0.387 e. The van der Waals surface area contributed by atoms with Crippen molar-refractivity contribution in [3.63, 3.8) is 0 Å². The first-order chi connectivity index (χ1) is 16.7. The smallest absolute Gasteiger partial charge is 0.387 e. The van der Waals surface area contributed by atoms with Crippen LogP contribution in [0.25, 0.3) is 6.08 Å². The van der Waals surface area contributed by atoms with Crippen LogP contribution in [-0.2, 0) is 20.9 Å². The number of nitrogens with one attached hydrogen (secondary N) is 1. The van der Waals surface area contributed by atoms with E-state index in [4.69, 9.17) is 10.5 Å². The molecule has 10 nitrogen and oxygen atoms in total. The summed E-state index contributed by atoms with van der Waals surface area (Å²) < 4.78 is 34.8. The van der Waals surface area contributed by atoms with E-state index >= 15 is 0 Å². The fourth-order valence-electron chi connectivity index (χ4n) is 3.14. The van der Waals surface area contributed by atoms with Gasteiger partial charge in [-0.3, -0.25) is 19.1 Å². The van der Waals surface area contributed by atoms with Crippen LogP contribution in [0.3, 0.4) is 0 Å². The Balaban J connectivity index is 2.13. The number of amides is 1. The molecule has 0 saturated carbocycles. The molecular formula is C23H28F2N4O6. The number of H-pyrrole nitrogens is 1. The van der Waals surface area contributed by atoms with Crippen LogP contribution < -0.4 is 26.6 Å². The third kappa shape index (κ3) is 7.80. The number of hydrogen-bond donors (Lipinski definition) is 2. The monoisotopic (exact) mass is 494 g/mol. The second-order valence-electron chi connectivity index (χ2n) is 7.43. The van der Waals surface area contributed by atoms with Gasteiger partial charge < -0.3 is 20.1 Å². The zero-order valence-corrected chi connectivity index (χ0v) is 19.5. The van der Waals surface area contributed by atoms with E-state index in [0.717, 1.165) is 11.0 Å². The van der Waals surface area contributed by atoms with Gasteiger partial charge in [0.15, 0.2) is 12.3 Å². The van der Waals surface area contributed by atoms with Gasteiger partial charge in [0.25, 0.3) is 11.5 Å². The average molecular weight is 494 g/mol. The van der Waals surface area contributed by atoms with Crippen LogP contribution in [0, 0.1) is 0 Å². The fourth-order valence-corrected chi connectivity index (χ4v) is 3.14. The third-order valence-electron chi connectivity index (χ3n) is 4.82. The number of anilines is 2. The number of carbonyl (C=O) groups is 2. The Morgan fingerprint density at radius 2 is 1.86 bits per heavy atom. The number of ether oxygens (including phenoxy) is 2. The number of aromatic amines is 1. The summed E-state index contributed by atoms with van der Waals surface area (Å²) in [7, 11) is 0. The molecule has 1 aromatic heterocycles. The van der Waals surface area contributed by atoms with Crippen molar-refractivity contribution in [1.29, 1.82) is 0 Å². The SMILES string of the molecule is CCCCN(C(=O)COC(=O)/C=C/c1ccc(OC(F)F)cc1)c1c(N)n(CCC)c(=O)[nH]c1=O. The molecule has 2 aromatic rings. The average Bonchev–Trinajstić information content (AvgIpc) is 2.81. The van der Waals surface area contributed by atoms with Crippen molar-refractivity contribution < 1.29 is 27.8 Å². The van der Waals surface area contributed by atoms with Crippen LogP contribution in [0.1, 0.15) is 38.7 Å². The molecule has 0 bridgehead atoms. The molecule has 190 valence electrons. The number of aromatic nitrogens is 2. The minimum Gasteiger partial charge on any atom is -0.452 e. The zero-order chi connectivity index (χ0) is 26.0. The minimum atomic E-state index is -2.94. The number of nitrogen functional groups attached to an aromatic ring is 1. The lowest BCUT2D eigenvalue weighted by Crippen LogP contribution is -2.43. The van der Waals surface area contributed by atoms with Crippen molar-refractivity contribution in [2.24, 2.45) is 0 Å². The first-order valence-corrected chi connectivity index (χ1v) is 11.0. The standard InChI is InChI=1S/C23H28F2N4O6/c1-3-5-13-28(19-20(26)29(12-4-2)23(33)27-21(19)32)17(30)14-34-18(31)11-8-15-6-9-16(10-7-15)35-22(24)25/h6-11,22H,3-5,12-14,26H2,1-2H3,(H,27,32,33)/b11-8+. The Kier molecular flexibility index (Phi) is 10.2. The molecule has 1 aromatic carbocycles. The zero-order valence-electron chi connectivity index (χ0n) is 19.5. The van der Waals surface area contributed by atoms with Gasteiger partial charge in [-0.15, -0.1) is 0 Å².